The maximum atomic E-state index is 5.56. The van der Waals surface area contributed by atoms with E-state index in [2.05, 4.69) is 41.1 Å². The summed E-state index contributed by atoms with van der Waals surface area (Å²) in [4.78, 5) is 6.65. The molecule has 1 aromatic carbocycles. The number of benzene rings is 1. The van der Waals surface area contributed by atoms with Crippen molar-refractivity contribution in [2.24, 2.45) is 10.7 Å². The fraction of sp³-hybridized carbons (Fsp3) is 0.533. The molecule has 0 spiro atoms. The van der Waals surface area contributed by atoms with Gasteiger partial charge in [0, 0.05) is 18.8 Å². The predicted molar refractivity (Wildman–Crippen MR) is 77.7 cm³/mol. The second-order valence-corrected chi connectivity index (χ2v) is 5.34. The monoisotopic (exact) mass is 259 g/mol. The fourth-order valence-electron chi connectivity index (χ4n) is 2.59. The number of rotatable bonds is 5. The molecule has 0 bridgehead atoms. The van der Waals surface area contributed by atoms with Gasteiger partial charge in [0.15, 0.2) is 0 Å². The van der Waals surface area contributed by atoms with E-state index in [0.29, 0.717) is 12.6 Å². The van der Waals surface area contributed by atoms with E-state index in [4.69, 9.17) is 10.5 Å². The van der Waals surface area contributed by atoms with Crippen molar-refractivity contribution in [3.63, 3.8) is 0 Å². The molecule has 0 aromatic heterocycles. The highest BCUT2D eigenvalue weighted by Crippen LogP contribution is 2.41. The Morgan fingerprint density at radius 3 is 2.89 bits per heavy atom. The van der Waals surface area contributed by atoms with E-state index < -0.39 is 0 Å². The molecule has 4 nitrogen and oxygen atoms in total. The van der Waals surface area contributed by atoms with Crippen molar-refractivity contribution >= 4 is 11.7 Å². The Morgan fingerprint density at radius 2 is 2.26 bits per heavy atom. The maximum absolute atomic E-state index is 5.56. The van der Waals surface area contributed by atoms with Crippen LogP contribution in [-0.4, -0.2) is 31.8 Å². The molecule has 1 atom stereocenters. The lowest BCUT2D eigenvalue weighted by Crippen LogP contribution is -2.32. The zero-order valence-corrected chi connectivity index (χ0v) is 11.4. The first-order valence-electron chi connectivity index (χ1n) is 7.07. The highest BCUT2D eigenvalue weighted by molar-refractivity contribution is 5.73. The van der Waals surface area contributed by atoms with Crippen LogP contribution in [0.3, 0.4) is 0 Å². The van der Waals surface area contributed by atoms with E-state index in [1.165, 1.54) is 24.1 Å². The molecule has 1 saturated carbocycles. The van der Waals surface area contributed by atoms with Crippen LogP contribution >= 0.6 is 0 Å². The van der Waals surface area contributed by atoms with Gasteiger partial charge in [-0.2, -0.15) is 0 Å². The largest absolute Gasteiger partial charge is 0.463 e. The van der Waals surface area contributed by atoms with Crippen LogP contribution in [0.1, 0.15) is 31.2 Å². The summed E-state index contributed by atoms with van der Waals surface area (Å²) < 4.78 is 5.22. The van der Waals surface area contributed by atoms with Crippen molar-refractivity contribution in [1.29, 1.82) is 0 Å². The SMILES string of the molecule is CCN(C[C@H]1COC(N)=N1)c1cccc(C2CC2)c1. The van der Waals surface area contributed by atoms with Crippen molar-refractivity contribution in [1.82, 2.24) is 0 Å². The fourth-order valence-corrected chi connectivity index (χ4v) is 2.59. The Hall–Kier alpha value is -1.71. The smallest absolute Gasteiger partial charge is 0.282 e. The van der Waals surface area contributed by atoms with Gasteiger partial charge < -0.3 is 15.4 Å². The van der Waals surface area contributed by atoms with Crippen molar-refractivity contribution in [2.75, 3.05) is 24.6 Å². The van der Waals surface area contributed by atoms with Gasteiger partial charge in [-0.15, -0.1) is 0 Å². The maximum Gasteiger partial charge on any atom is 0.282 e. The molecule has 1 aromatic rings. The Bertz CT molecular complexity index is 482. The molecule has 0 amide bonds. The van der Waals surface area contributed by atoms with Gasteiger partial charge in [0.25, 0.3) is 6.02 Å². The van der Waals surface area contributed by atoms with E-state index in [-0.39, 0.29) is 6.04 Å². The molecule has 19 heavy (non-hydrogen) atoms. The third-order valence-electron chi connectivity index (χ3n) is 3.83. The highest BCUT2D eigenvalue weighted by Gasteiger charge is 2.24. The number of aliphatic imine (C=N–C) groups is 1. The quantitative estimate of drug-likeness (QED) is 0.881. The number of ether oxygens (including phenoxy) is 1. The van der Waals surface area contributed by atoms with E-state index in [1.54, 1.807) is 0 Å². The van der Waals surface area contributed by atoms with Gasteiger partial charge in [-0.3, -0.25) is 0 Å². The topological polar surface area (TPSA) is 50.9 Å². The summed E-state index contributed by atoms with van der Waals surface area (Å²) in [6, 6.07) is 9.39. The molecule has 1 aliphatic heterocycles. The molecule has 2 aliphatic rings. The van der Waals surface area contributed by atoms with Gasteiger partial charge in [-0.25, -0.2) is 4.99 Å². The van der Waals surface area contributed by atoms with Crippen molar-refractivity contribution in [3.05, 3.63) is 29.8 Å². The average molecular weight is 259 g/mol. The lowest BCUT2D eigenvalue weighted by Gasteiger charge is -2.25. The Balaban J connectivity index is 1.72. The Morgan fingerprint density at radius 1 is 1.42 bits per heavy atom. The zero-order chi connectivity index (χ0) is 13.2. The first-order chi connectivity index (χ1) is 9.26. The lowest BCUT2D eigenvalue weighted by atomic mass is 10.1. The summed E-state index contributed by atoms with van der Waals surface area (Å²) in [5, 5.41) is 0. The zero-order valence-electron chi connectivity index (χ0n) is 11.4. The molecule has 2 N–H and O–H groups in total. The van der Waals surface area contributed by atoms with Crippen molar-refractivity contribution < 1.29 is 4.74 Å². The molecule has 102 valence electrons. The summed E-state index contributed by atoms with van der Waals surface area (Å²) in [7, 11) is 0. The number of anilines is 1. The molecule has 0 saturated heterocycles. The summed E-state index contributed by atoms with van der Waals surface area (Å²) in [5.74, 6) is 0.794. The van der Waals surface area contributed by atoms with Crippen LogP contribution in [-0.2, 0) is 4.74 Å². The van der Waals surface area contributed by atoms with Crippen molar-refractivity contribution in [3.8, 4) is 0 Å². The second-order valence-electron chi connectivity index (χ2n) is 5.34. The summed E-state index contributed by atoms with van der Waals surface area (Å²) in [5.41, 5.74) is 8.32. The van der Waals surface area contributed by atoms with Gasteiger partial charge in [0.05, 0.1) is 0 Å². The standard InChI is InChI=1S/C15H21N3O/c1-2-18(9-13-10-19-15(16)17-13)14-5-3-4-12(8-14)11-6-7-11/h3-5,8,11,13H,2,6-7,9-10H2,1H3,(H2,16,17)/t13-/m0/s1. The first kappa shape index (κ1) is 12.3. The van der Waals surface area contributed by atoms with E-state index in [9.17, 15) is 0 Å². The van der Waals surface area contributed by atoms with Crippen LogP contribution < -0.4 is 10.6 Å². The molecule has 3 rings (SSSR count). The third kappa shape index (κ3) is 2.83. The van der Waals surface area contributed by atoms with E-state index >= 15 is 0 Å². The number of likely N-dealkylation sites (N-methyl/N-ethyl adjacent to an activating group) is 1. The molecule has 0 unspecified atom stereocenters. The number of nitrogens with two attached hydrogens (primary N) is 1. The molecule has 4 heteroatoms. The summed E-state index contributed by atoms with van der Waals surface area (Å²) in [6.07, 6.45) is 2.68. The number of nitrogens with zero attached hydrogens (tertiary/aromatic N) is 2. The highest BCUT2D eigenvalue weighted by atomic mass is 16.5. The number of amidine groups is 1. The minimum absolute atomic E-state index is 0.157. The minimum Gasteiger partial charge on any atom is -0.463 e. The molecule has 1 heterocycles. The minimum atomic E-state index is 0.157. The predicted octanol–water partition coefficient (Wildman–Crippen LogP) is 2.10. The number of hydrogen-bond donors (Lipinski definition) is 1. The Kier molecular flexibility index (Phi) is 3.32. The Labute approximate surface area is 114 Å². The number of hydrogen-bond acceptors (Lipinski definition) is 4. The lowest BCUT2D eigenvalue weighted by molar-refractivity contribution is 0.313. The van der Waals surface area contributed by atoms with Crippen LogP contribution in [0.15, 0.2) is 29.3 Å². The van der Waals surface area contributed by atoms with Gasteiger partial charge in [-0.1, -0.05) is 12.1 Å². The molecule has 1 fully saturated rings. The van der Waals surface area contributed by atoms with Crippen LogP contribution in [0.25, 0.3) is 0 Å². The van der Waals surface area contributed by atoms with Crippen LogP contribution in [0.2, 0.25) is 0 Å². The van der Waals surface area contributed by atoms with Gasteiger partial charge in [-0.05, 0) is 43.4 Å². The first-order valence-corrected chi connectivity index (χ1v) is 7.07. The van der Waals surface area contributed by atoms with Gasteiger partial charge in [0.2, 0.25) is 0 Å². The normalized spacial score (nSPS) is 21.9. The van der Waals surface area contributed by atoms with Crippen LogP contribution in [0.5, 0.6) is 0 Å². The van der Waals surface area contributed by atoms with Crippen molar-refractivity contribution in [2.45, 2.75) is 31.7 Å². The summed E-state index contributed by atoms with van der Waals surface area (Å²) >= 11 is 0. The van der Waals surface area contributed by atoms with Crippen LogP contribution in [0.4, 0.5) is 5.69 Å². The van der Waals surface area contributed by atoms with Gasteiger partial charge >= 0.3 is 0 Å². The van der Waals surface area contributed by atoms with Crippen LogP contribution in [0, 0.1) is 0 Å². The molecule has 0 radical (unpaired) electrons. The summed E-state index contributed by atoms with van der Waals surface area (Å²) in [6.45, 7) is 4.61. The van der Waals surface area contributed by atoms with E-state index in [0.717, 1.165) is 19.0 Å². The molecular weight excluding hydrogens is 238 g/mol. The van der Waals surface area contributed by atoms with E-state index in [1.807, 2.05) is 0 Å². The second kappa shape index (κ2) is 5.11. The third-order valence-corrected chi connectivity index (χ3v) is 3.83. The molecular formula is C15H21N3O. The van der Waals surface area contributed by atoms with Gasteiger partial charge in [0.1, 0.15) is 12.6 Å². The average Bonchev–Trinajstić information content (AvgIpc) is 3.20. The molecule has 1 aliphatic carbocycles.